The van der Waals surface area contributed by atoms with E-state index < -0.39 is 4.92 Å². The van der Waals surface area contributed by atoms with Gasteiger partial charge in [-0.3, -0.25) is 20.0 Å². The van der Waals surface area contributed by atoms with E-state index in [9.17, 15) is 10.1 Å². The van der Waals surface area contributed by atoms with Gasteiger partial charge in [-0.05, 0) is 17.7 Å². The summed E-state index contributed by atoms with van der Waals surface area (Å²) in [5, 5.41) is 14.2. The summed E-state index contributed by atoms with van der Waals surface area (Å²) in [5.74, 6) is 0.525. The van der Waals surface area contributed by atoms with Gasteiger partial charge in [0.25, 0.3) is 5.69 Å². The van der Waals surface area contributed by atoms with Crippen molar-refractivity contribution in [1.82, 2.24) is 15.2 Å². The molecule has 1 N–H and O–H groups in total. The minimum atomic E-state index is -0.415. The summed E-state index contributed by atoms with van der Waals surface area (Å²) in [5.41, 5.74) is 1.22. The zero-order valence-corrected chi connectivity index (χ0v) is 13.3. The van der Waals surface area contributed by atoms with Gasteiger partial charge in [-0.1, -0.05) is 12.1 Å². The van der Waals surface area contributed by atoms with Crippen LogP contribution in [0.1, 0.15) is 11.6 Å². The molecule has 0 radical (unpaired) electrons. The Morgan fingerprint density at radius 3 is 3.08 bits per heavy atom. The lowest BCUT2D eigenvalue weighted by atomic mass is 10.1. The van der Waals surface area contributed by atoms with Gasteiger partial charge in [-0.25, -0.2) is 0 Å². The summed E-state index contributed by atoms with van der Waals surface area (Å²) in [6, 6.07) is 10.6. The Hall–Kier alpha value is -2.51. The quantitative estimate of drug-likeness (QED) is 0.645. The third-order valence-electron chi connectivity index (χ3n) is 4.10. The molecule has 24 heavy (non-hydrogen) atoms. The van der Waals surface area contributed by atoms with Gasteiger partial charge >= 0.3 is 0 Å². The van der Waals surface area contributed by atoms with E-state index in [0.717, 1.165) is 26.2 Å². The number of nitrogens with one attached hydrogen (secondary N) is 1. The van der Waals surface area contributed by atoms with Crippen molar-refractivity contribution in [3.63, 3.8) is 0 Å². The lowest BCUT2D eigenvalue weighted by molar-refractivity contribution is -0.384. The number of nitrogens with zero attached hydrogens (tertiary/aromatic N) is 3. The van der Waals surface area contributed by atoms with Crippen LogP contribution in [0, 0.1) is 10.1 Å². The standard InChI is InChI=1S/C17H20N4O3/c22-21(23)15-4-1-5-16(11-15)24-10-9-20-8-7-19-13-17(20)14-3-2-6-18-12-14/h1-6,11-12,17,19H,7-10,13H2. The molecule has 2 aromatic rings. The van der Waals surface area contributed by atoms with Gasteiger partial charge < -0.3 is 10.1 Å². The van der Waals surface area contributed by atoms with Gasteiger partial charge in [0.05, 0.1) is 11.0 Å². The number of nitro groups is 1. The molecule has 0 saturated carbocycles. The van der Waals surface area contributed by atoms with Gasteiger partial charge in [-0.2, -0.15) is 0 Å². The zero-order chi connectivity index (χ0) is 16.8. The fourth-order valence-electron chi connectivity index (χ4n) is 2.88. The summed E-state index contributed by atoms with van der Waals surface area (Å²) in [4.78, 5) is 16.9. The SMILES string of the molecule is O=[N+]([O-])c1cccc(OCCN2CCNCC2c2cccnc2)c1. The van der Waals surface area contributed by atoms with Crippen LogP contribution in [0.4, 0.5) is 5.69 Å². The lowest BCUT2D eigenvalue weighted by Gasteiger charge is -2.36. The van der Waals surface area contributed by atoms with Gasteiger partial charge in [-0.15, -0.1) is 0 Å². The van der Waals surface area contributed by atoms with E-state index in [0.29, 0.717) is 12.4 Å². The molecule has 3 rings (SSSR count). The maximum Gasteiger partial charge on any atom is 0.273 e. The maximum atomic E-state index is 10.8. The highest BCUT2D eigenvalue weighted by molar-refractivity contribution is 5.37. The van der Waals surface area contributed by atoms with Gasteiger partial charge in [0, 0.05) is 50.7 Å². The monoisotopic (exact) mass is 328 g/mol. The summed E-state index contributed by atoms with van der Waals surface area (Å²) in [6.45, 7) is 3.98. The number of piperazine rings is 1. The second kappa shape index (κ2) is 7.85. The molecule has 7 nitrogen and oxygen atoms in total. The first-order valence-electron chi connectivity index (χ1n) is 7.96. The Kier molecular flexibility index (Phi) is 5.35. The van der Waals surface area contributed by atoms with Crippen molar-refractivity contribution < 1.29 is 9.66 Å². The molecular formula is C17H20N4O3. The molecule has 126 valence electrons. The Morgan fingerprint density at radius 2 is 2.29 bits per heavy atom. The first-order chi connectivity index (χ1) is 11.7. The Morgan fingerprint density at radius 1 is 1.38 bits per heavy atom. The molecule has 0 aliphatic carbocycles. The van der Waals surface area contributed by atoms with E-state index in [1.807, 2.05) is 12.3 Å². The molecular weight excluding hydrogens is 308 g/mol. The van der Waals surface area contributed by atoms with E-state index in [1.54, 1.807) is 18.3 Å². The fraction of sp³-hybridized carbons (Fsp3) is 0.353. The van der Waals surface area contributed by atoms with Gasteiger partial charge in [0.15, 0.2) is 0 Å². The largest absolute Gasteiger partial charge is 0.492 e. The minimum Gasteiger partial charge on any atom is -0.492 e. The van der Waals surface area contributed by atoms with Crippen molar-refractivity contribution in [2.45, 2.75) is 6.04 Å². The number of aromatic nitrogens is 1. The smallest absolute Gasteiger partial charge is 0.273 e. The molecule has 0 amide bonds. The van der Waals surface area contributed by atoms with Crippen molar-refractivity contribution in [3.8, 4) is 5.75 Å². The number of pyridine rings is 1. The molecule has 0 bridgehead atoms. The zero-order valence-electron chi connectivity index (χ0n) is 13.3. The van der Waals surface area contributed by atoms with E-state index in [2.05, 4.69) is 21.3 Å². The predicted octanol–water partition coefficient (Wildman–Crippen LogP) is 2.02. The fourth-order valence-corrected chi connectivity index (χ4v) is 2.88. The van der Waals surface area contributed by atoms with Crippen LogP contribution in [0.2, 0.25) is 0 Å². The second-order valence-corrected chi connectivity index (χ2v) is 5.65. The Balaban J connectivity index is 1.58. The molecule has 1 aromatic heterocycles. The number of hydrogen-bond donors (Lipinski definition) is 1. The van der Waals surface area contributed by atoms with Crippen LogP contribution in [0.5, 0.6) is 5.75 Å². The number of hydrogen-bond acceptors (Lipinski definition) is 6. The van der Waals surface area contributed by atoms with Crippen LogP contribution in [-0.2, 0) is 0 Å². The first kappa shape index (κ1) is 16.4. The molecule has 1 aromatic carbocycles. The topological polar surface area (TPSA) is 80.5 Å². The Labute approximate surface area is 140 Å². The van der Waals surface area contributed by atoms with E-state index in [-0.39, 0.29) is 11.7 Å². The van der Waals surface area contributed by atoms with E-state index in [1.165, 1.54) is 17.7 Å². The van der Waals surface area contributed by atoms with E-state index >= 15 is 0 Å². The van der Waals surface area contributed by atoms with Crippen LogP contribution in [0.15, 0.2) is 48.8 Å². The molecule has 2 heterocycles. The summed E-state index contributed by atoms with van der Waals surface area (Å²) >= 11 is 0. The highest BCUT2D eigenvalue weighted by atomic mass is 16.6. The molecule has 1 aliphatic heterocycles. The van der Waals surface area contributed by atoms with Crippen molar-refractivity contribution in [1.29, 1.82) is 0 Å². The predicted molar refractivity (Wildman–Crippen MR) is 90.0 cm³/mol. The van der Waals surface area contributed by atoms with Crippen molar-refractivity contribution >= 4 is 5.69 Å². The van der Waals surface area contributed by atoms with E-state index in [4.69, 9.17) is 4.74 Å². The number of rotatable bonds is 6. The normalized spacial score (nSPS) is 18.2. The molecule has 1 aliphatic rings. The number of ether oxygens (including phenoxy) is 1. The number of nitro benzene ring substituents is 1. The molecule has 1 atom stereocenters. The average molecular weight is 328 g/mol. The maximum absolute atomic E-state index is 10.8. The molecule has 1 unspecified atom stereocenters. The van der Waals surface area contributed by atoms with Crippen molar-refractivity contribution in [2.75, 3.05) is 32.8 Å². The molecule has 0 spiro atoms. The van der Waals surface area contributed by atoms with Crippen LogP contribution in [-0.4, -0.2) is 47.6 Å². The average Bonchev–Trinajstić information content (AvgIpc) is 2.63. The minimum absolute atomic E-state index is 0.0444. The van der Waals surface area contributed by atoms with Crippen molar-refractivity contribution in [2.24, 2.45) is 0 Å². The third kappa shape index (κ3) is 4.06. The highest BCUT2D eigenvalue weighted by Gasteiger charge is 2.23. The first-order valence-corrected chi connectivity index (χ1v) is 7.96. The van der Waals surface area contributed by atoms with Crippen molar-refractivity contribution in [3.05, 3.63) is 64.5 Å². The molecule has 7 heteroatoms. The number of benzene rings is 1. The number of non-ortho nitro benzene ring substituents is 1. The lowest BCUT2D eigenvalue weighted by Crippen LogP contribution is -2.47. The summed E-state index contributed by atoms with van der Waals surface area (Å²) in [7, 11) is 0. The second-order valence-electron chi connectivity index (χ2n) is 5.65. The van der Waals surface area contributed by atoms with Crippen LogP contribution in [0.3, 0.4) is 0 Å². The summed E-state index contributed by atoms with van der Waals surface area (Å²) in [6.07, 6.45) is 3.67. The molecule has 1 fully saturated rings. The molecule has 1 saturated heterocycles. The van der Waals surface area contributed by atoms with Crippen LogP contribution >= 0.6 is 0 Å². The summed E-state index contributed by atoms with van der Waals surface area (Å²) < 4.78 is 5.70. The van der Waals surface area contributed by atoms with Crippen LogP contribution < -0.4 is 10.1 Å². The third-order valence-corrected chi connectivity index (χ3v) is 4.10. The highest BCUT2D eigenvalue weighted by Crippen LogP contribution is 2.22. The Bertz CT molecular complexity index is 681. The van der Waals surface area contributed by atoms with Gasteiger partial charge in [0.2, 0.25) is 0 Å². The van der Waals surface area contributed by atoms with Gasteiger partial charge in [0.1, 0.15) is 12.4 Å². The van der Waals surface area contributed by atoms with Crippen LogP contribution in [0.25, 0.3) is 0 Å².